The third-order valence-corrected chi connectivity index (χ3v) is 6.68. The van der Waals surface area contributed by atoms with Crippen molar-refractivity contribution >= 4 is 67.9 Å². The van der Waals surface area contributed by atoms with Gasteiger partial charge in [-0.3, -0.25) is 4.79 Å². The second-order valence-corrected chi connectivity index (χ2v) is 9.66. The quantitative estimate of drug-likeness (QED) is 0.106. The topological polar surface area (TPSA) is 97.0 Å². The minimum Gasteiger partial charge on any atom is -0.506 e. The third-order valence-electron chi connectivity index (χ3n) is 5.04. The van der Waals surface area contributed by atoms with Crippen LogP contribution in [0.25, 0.3) is 11.0 Å². The van der Waals surface area contributed by atoms with Crippen molar-refractivity contribution in [1.82, 2.24) is 0 Å². The molecule has 0 aliphatic heterocycles. The molecular formula is C25H18I2O6. The summed E-state index contributed by atoms with van der Waals surface area (Å²) in [5.74, 6) is -0.611. The van der Waals surface area contributed by atoms with Gasteiger partial charge in [0.2, 0.25) is 0 Å². The fraction of sp³-hybridized carbons (Fsp3) is 0.120. The van der Waals surface area contributed by atoms with Crippen molar-refractivity contribution in [2.24, 2.45) is 0 Å². The van der Waals surface area contributed by atoms with Crippen molar-refractivity contribution in [3.63, 3.8) is 0 Å². The van der Waals surface area contributed by atoms with Crippen LogP contribution in [0.3, 0.4) is 0 Å². The average Bonchev–Trinajstić information content (AvgIpc) is 3.14. The van der Waals surface area contributed by atoms with Gasteiger partial charge in [-0.15, -0.1) is 0 Å². The van der Waals surface area contributed by atoms with Crippen LogP contribution in [0.5, 0.6) is 17.2 Å². The molecule has 2 N–H and O–H groups in total. The molecule has 168 valence electrons. The molecule has 0 saturated heterocycles. The number of benzene rings is 3. The molecule has 3 aromatic carbocycles. The summed E-state index contributed by atoms with van der Waals surface area (Å²) in [5, 5.41) is 21.1. The summed E-state index contributed by atoms with van der Waals surface area (Å²) in [7, 11) is 0. The lowest BCUT2D eigenvalue weighted by atomic mass is 9.98. The van der Waals surface area contributed by atoms with Gasteiger partial charge in [0.15, 0.2) is 17.3 Å². The van der Waals surface area contributed by atoms with Crippen LogP contribution in [-0.4, -0.2) is 22.0 Å². The van der Waals surface area contributed by atoms with Gasteiger partial charge in [-0.05, 0) is 81.9 Å². The highest BCUT2D eigenvalue weighted by Gasteiger charge is 2.25. The molecule has 8 heteroatoms. The minimum absolute atomic E-state index is 0.0547. The predicted octanol–water partition coefficient (Wildman–Crippen LogP) is 6.46. The molecule has 1 heterocycles. The Morgan fingerprint density at radius 2 is 1.64 bits per heavy atom. The van der Waals surface area contributed by atoms with E-state index in [1.54, 1.807) is 42.5 Å². The third kappa shape index (κ3) is 4.72. The monoisotopic (exact) mass is 668 g/mol. The molecule has 33 heavy (non-hydrogen) atoms. The Balaban J connectivity index is 1.79. The van der Waals surface area contributed by atoms with Gasteiger partial charge in [0.25, 0.3) is 0 Å². The number of furan rings is 1. The zero-order valence-corrected chi connectivity index (χ0v) is 21.7. The Morgan fingerprint density at radius 1 is 0.970 bits per heavy atom. The van der Waals surface area contributed by atoms with Crippen LogP contribution in [0.4, 0.5) is 0 Å². The maximum Gasteiger partial charge on any atom is 0.343 e. The molecule has 1 aromatic heterocycles. The van der Waals surface area contributed by atoms with E-state index in [0.29, 0.717) is 47.0 Å². The number of carbonyl (C=O) groups excluding carboxylic acids is 2. The highest BCUT2D eigenvalue weighted by Crippen LogP contribution is 2.38. The van der Waals surface area contributed by atoms with E-state index in [1.807, 2.05) is 52.1 Å². The van der Waals surface area contributed by atoms with Gasteiger partial charge in [0.05, 0.1) is 18.3 Å². The van der Waals surface area contributed by atoms with Crippen molar-refractivity contribution in [1.29, 1.82) is 0 Å². The molecule has 0 saturated carbocycles. The normalized spacial score (nSPS) is 11.0. The molecule has 0 aliphatic carbocycles. The number of hydrogen-bond acceptors (Lipinski definition) is 6. The second kappa shape index (κ2) is 9.72. The summed E-state index contributed by atoms with van der Waals surface area (Å²) >= 11 is 3.95. The Morgan fingerprint density at radius 3 is 2.27 bits per heavy atom. The SMILES string of the molecule is CCCc1oc2cc(OC(=O)c3ccccc3)c(O)cc2c1C(=O)c1cc(I)c(O)c(I)c1. The highest BCUT2D eigenvalue weighted by atomic mass is 127. The number of halogens is 2. The molecule has 0 unspecified atom stereocenters. The number of aryl methyl sites for hydroxylation is 1. The average molecular weight is 668 g/mol. The number of phenolic OH excluding ortho intramolecular Hbond substituents is 2. The van der Waals surface area contributed by atoms with E-state index in [-0.39, 0.29) is 23.0 Å². The number of carbonyl (C=O) groups is 2. The Bertz CT molecular complexity index is 1350. The molecule has 4 rings (SSSR count). The van der Waals surface area contributed by atoms with Gasteiger partial charge in [-0.1, -0.05) is 25.1 Å². The van der Waals surface area contributed by atoms with Crippen LogP contribution in [0, 0.1) is 7.14 Å². The molecule has 0 atom stereocenters. The minimum atomic E-state index is -0.616. The van der Waals surface area contributed by atoms with Crippen molar-refractivity contribution in [3.05, 3.63) is 84.2 Å². The van der Waals surface area contributed by atoms with E-state index in [2.05, 4.69) is 0 Å². The molecule has 4 aromatic rings. The van der Waals surface area contributed by atoms with Gasteiger partial charge < -0.3 is 19.4 Å². The van der Waals surface area contributed by atoms with Crippen molar-refractivity contribution < 1.29 is 29.0 Å². The summed E-state index contributed by atoms with van der Waals surface area (Å²) < 4.78 is 12.5. The second-order valence-electron chi connectivity index (χ2n) is 7.34. The van der Waals surface area contributed by atoms with Gasteiger partial charge in [-0.25, -0.2) is 4.79 Å². The zero-order chi connectivity index (χ0) is 23.7. The number of esters is 1. The number of hydrogen-bond donors (Lipinski definition) is 2. The maximum absolute atomic E-state index is 13.5. The first kappa shape index (κ1) is 23.6. The predicted molar refractivity (Wildman–Crippen MR) is 140 cm³/mol. The van der Waals surface area contributed by atoms with Crippen LogP contribution < -0.4 is 4.74 Å². The van der Waals surface area contributed by atoms with Crippen LogP contribution in [-0.2, 0) is 6.42 Å². The van der Waals surface area contributed by atoms with Crippen LogP contribution in [0.2, 0.25) is 0 Å². The molecular weight excluding hydrogens is 650 g/mol. The highest BCUT2D eigenvalue weighted by molar-refractivity contribution is 14.1. The van der Waals surface area contributed by atoms with E-state index in [4.69, 9.17) is 9.15 Å². The van der Waals surface area contributed by atoms with Gasteiger partial charge in [0.1, 0.15) is 17.1 Å². The van der Waals surface area contributed by atoms with E-state index in [9.17, 15) is 19.8 Å². The summed E-state index contributed by atoms with van der Waals surface area (Å²) in [6.07, 6.45) is 1.26. The summed E-state index contributed by atoms with van der Waals surface area (Å²) in [4.78, 5) is 25.9. The summed E-state index contributed by atoms with van der Waals surface area (Å²) in [6.45, 7) is 1.97. The lowest BCUT2D eigenvalue weighted by Crippen LogP contribution is -2.08. The lowest BCUT2D eigenvalue weighted by molar-refractivity contribution is 0.0729. The van der Waals surface area contributed by atoms with E-state index in [1.165, 1.54) is 12.1 Å². The standard InChI is InChI=1S/C25H18I2O6/c1-2-6-19-22(23(29)14-9-16(26)24(30)17(27)10-14)15-11-18(28)21(12-20(15)32-19)33-25(31)13-7-4-3-5-8-13/h3-5,7-12,28,30H,2,6H2,1H3. The van der Waals surface area contributed by atoms with Crippen molar-refractivity contribution in [3.8, 4) is 17.2 Å². The Hall–Kier alpha value is -2.60. The molecule has 0 amide bonds. The fourth-order valence-electron chi connectivity index (χ4n) is 3.47. The number of ether oxygens (including phenoxy) is 1. The van der Waals surface area contributed by atoms with Crippen molar-refractivity contribution in [2.45, 2.75) is 19.8 Å². The molecule has 0 spiro atoms. The Labute approximate surface area is 216 Å². The summed E-state index contributed by atoms with van der Waals surface area (Å²) in [6, 6.07) is 14.5. The summed E-state index contributed by atoms with van der Waals surface area (Å²) in [5.41, 5.74) is 1.43. The van der Waals surface area contributed by atoms with E-state index in [0.717, 1.165) is 6.42 Å². The van der Waals surface area contributed by atoms with Gasteiger partial charge in [0, 0.05) is 23.4 Å². The molecule has 0 fully saturated rings. The fourth-order valence-corrected chi connectivity index (χ4v) is 5.24. The van der Waals surface area contributed by atoms with E-state index < -0.39 is 5.97 Å². The van der Waals surface area contributed by atoms with E-state index >= 15 is 0 Å². The van der Waals surface area contributed by atoms with Crippen LogP contribution >= 0.6 is 45.2 Å². The Kier molecular flexibility index (Phi) is 6.94. The molecule has 6 nitrogen and oxygen atoms in total. The zero-order valence-electron chi connectivity index (χ0n) is 17.4. The van der Waals surface area contributed by atoms with Gasteiger partial charge in [-0.2, -0.15) is 0 Å². The number of ketones is 1. The lowest BCUT2D eigenvalue weighted by Gasteiger charge is -2.08. The first-order valence-corrected chi connectivity index (χ1v) is 12.2. The first-order chi connectivity index (χ1) is 15.8. The first-order valence-electron chi connectivity index (χ1n) is 10.1. The largest absolute Gasteiger partial charge is 0.506 e. The van der Waals surface area contributed by atoms with Crippen LogP contribution in [0.15, 0.2) is 59.0 Å². The van der Waals surface area contributed by atoms with Crippen molar-refractivity contribution in [2.75, 3.05) is 0 Å². The van der Waals surface area contributed by atoms with Gasteiger partial charge >= 0.3 is 5.97 Å². The maximum atomic E-state index is 13.5. The molecule has 0 bridgehead atoms. The number of phenols is 2. The number of fused-ring (bicyclic) bond motifs is 1. The van der Waals surface area contributed by atoms with Crippen LogP contribution in [0.1, 0.15) is 45.4 Å². The number of aromatic hydroxyl groups is 2. The number of rotatable bonds is 6. The smallest absolute Gasteiger partial charge is 0.343 e. The molecule has 0 radical (unpaired) electrons. The molecule has 0 aliphatic rings.